The Bertz CT molecular complexity index is 525. The van der Waals surface area contributed by atoms with Gasteiger partial charge >= 0.3 is 0 Å². The van der Waals surface area contributed by atoms with E-state index in [0.717, 1.165) is 18.0 Å². The Hall–Kier alpha value is -1.29. The number of halogens is 1. The zero-order valence-electron chi connectivity index (χ0n) is 13.0. The number of hydrogen-bond acceptors (Lipinski definition) is 1. The molecule has 0 fully saturated rings. The maximum absolute atomic E-state index is 5.40. The summed E-state index contributed by atoms with van der Waals surface area (Å²) in [4.78, 5) is 0. The molecule has 3 nitrogen and oxygen atoms in total. The molecule has 1 aromatic carbocycles. The number of aryl methyl sites for hydroxylation is 1. The molecule has 116 valence electrons. The molecule has 0 atom stereocenters. The maximum Gasteiger partial charge on any atom is 0.249 e. The number of unbranched alkanes of at least 4 members (excludes halogenated alkanes) is 4. The summed E-state index contributed by atoms with van der Waals surface area (Å²) >= 11 is 0. The van der Waals surface area contributed by atoms with Crippen LogP contribution in [0.4, 0.5) is 0 Å². The van der Waals surface area contributed by atoms with Crippen molar-refractivity contribution < 1.29 is 26.3 Å². The van der Waals surface area contributed by atoms with Crippen LogP contribution in [0, 0.1) is 0 Å². The van der Waals surface area contributed by atoms with Crippen LogP contribution in [0.15, 0.2) is 43.0 Å². The molecule has 0 saturated carbocycles. The van der Waals surface area contributed by atoms with Crippen molar-refractivity contribution in [3.8, 4) is 11.4 Å². The summed E-state index contributed by atoms with van der Waals surface area (Å²) in [7, 11) is 1.71. The van der Waals surface area contributed by atoms with Crippen LogP contribution in [0.25, 0.3) is 5.69 Å². The van der Waals surface area contributed by atoms with Crippen LogP contribution in [0.3, 0.4) is 0 Å². The average molecular weight is 353 g/mol. The Balaban J connectivity index is 0.00000220. The molecule has 0 amide bonds. The lowest BCUT2D eigenvalue weighted by atomic mass is 10.1. The number of para-hydroxylation sites is 2. The SMILES string of the molecule is CCCCCCCn1cc[n+](-c2ccccc2OC)c1.[Br-]. The van der Waals surface area contributed by atoms with Crippen molar-refractivity contribution >= 4 is 0 Å². The standard InChI is InChI=1S/C17H25N2O.BrH/c1-3-4-5-6-9-12-18-13-14-19(15-18)16-10-7-8-11-17(16)20-2;/h7-8,10-11,13-15H,3-6,9,12H2,1-2H3;1H/q+1;/p-1. The molecule has 0 N–H and O–H groups in total. The second-order valence-corrected chi connectivity index (χ2v) is 5.14. The summed E-state index contributed by atoms with van der Waals surface area (Å²) in [5.41, 5.74) is 1.08. The lowest BCUT2D eigenvalue weighted by molar-refractivity contribution is -0.595. The Morgan fingerprint density at radius 3 is 2.62 bits per heavy atom. The molecule has 2 aromatic rings. The van der Waals surface area contributed by atoms with E-state index in [9.17, 15) is 0 Å². The molecule has 2 rings (SSSR count). The normalized spacial score (nSPS) is 10.2. The van der Waals surface area contributed by atoms with Gasteiger partial charge in [0.1, 0.15) is 12.4 Å². The minimum Gasteiger partial charge on any atom is -1.00 e. The zero-order chi connectivity index (χ0) is 14.2. The third-order valence-corrected chi connectivity index (χ3v) is 3.57. The van der Waals surface area contributed by atoms with Gasteiger partial charge < -0.3 is 21.7 Å². The van der Waals surface area contributed by atoms with Gasteiger partial charge in [-0.1, -0.05) is 38.3 Å². The minimum atomic E-state index is 0. The predicted octanol–water partition coefficient (Wildman–Crippen LogP) is 0.748. The first-order chi connectivity index (χ1) is 9.85. The quantitative estimate of drug-likeness (QED) is 0.506. The van der Waals surface area contributed by atoms with Gasteiger partial charge in [0.2, 0.25) is 6.33 Å². The molecule has 0 aliphatic heterocycles. The number of imidazole rings is 1. The number of nitrogens with zero attached hydrogens (tertiary/aromatic N) is 2. The molecular formula is C17H25BrN2O. The van der Waals surface area contributed by atoms with Crippen molar-refractivity contribution in [1.29, 1.82) is 0 Å². The van der Waals surface area contributed by atoms with Crippen LogP contribution in [0.5, 0.6) is 5.75 Å². The Morgan fingerprint density at radius 2 is 1.86 bits per heavy atom. The molecule has 21 heavy (non-hydrogen) atoms. The predicted molar refractivity (Wildman–Crippen MR) is 81.3 cm³/mol. The van der Waals surface area contributed by atoms with Crippen LogP contribution >= 0.6 is 0 Å². The molecule has 0 radical (unpaired) electrons. The van der Waals surface area contributed by atoms with Gasteiger partial charge in [-0.3, -0.25) is 0 Å². The Morgan fingerprint density at radius 1 is 1.10 bits per heavy atom. The van der Waals surface area contributed by atoms with Gasteiger partial charge in [0.25, 0.3) is 0 Å². The number of ether oxygens (including phenoxy) is 1. The van der Waals surface area contributed by atoms with E-state index >= 15 is 0 Å². The van der Waals surface area contributed by atoms with Gasteiger partial charge in [-0.25, -0.2) is 4.57 Å². The van der Waals surface area contributed by atoms with Gasteiger partial charge in [0.05, 0.1) is 13.7 Å². The van der Waals surface area contributed by atoms with Crippen LogP contribution in [0.2, 0.25) is 0 Å². The summed E-state index contributed by atoms with van der Waals surface area (Å²) in [6.07, 6.45) is 12.9. The first-order valence-electron chi connectivity index (χ1n) is 7.55. The van der Waals surface area contributed by atoms with Gasteiger partial charge in [-0.15, -0.1) is 0 Å². The highest BCUT2D eigenvalue weighted by atomic mass is 79.9. The van der Waals surface area contributed by atoms with Gasteiger partial charge in [0.15, 0.2) is 11.4 Å². The van der Waals surface area contributed by atoms with E-state index in [4.69, 9.17) is 4.74 Å². The van der Waals surface area contributed by atoms with Crippen molar-refractivity contribution in [1.82, 2.24) is 4.57 Å². The molecule has 0 bridgehead atoms. The van der Waals surface area contributed by atoms with Gasteiger partial charge in [-0.05, 0) is 25.0 Å². The van der Waals surface area contributed by atoms with Crippen molar-refractivity contribution in [3.05, 3.63) is 43.0 Å². The first-order valence-corrected chi connectivity index (χ1v) is 7.55. The lowest BCUT2D eigenvalue weighted by Crippen LogP contribution is -3.00. The summed E-state index contributed by atoms with van der Waals surface area (Å²) in [6.45, 7) is 3.34. The number of aromatic nitrogens is 2. The van der Waals surface area contributed by atoms with Crippen LogP contribution < -0.4 is 26.3 Å². The van der Waals surface area contributed by atoms with E-state index < -0.39 is 0 Å². The largest absolute Gasteiger partial charge is 1.00 e. The van der Waals surface area contributed by atoms with Gasteiger partial charge in [-0.2, -0.15) is 4.57 Å². The summed E-state index contributed by atoms with van der Waals surface area (Å²) in [5, 5.41) is 0. The molecule has 1 aromatic heterocycles. The highest BCUT2D eigenvalue weighted by Gasteiger charge is 2.10. The summed E-state index contributed by atoms with van der Waals surface area (Å²) in [5.74, 6) is 0.901. The fraction of sp³-hybridized carbons (Fsp3) is 0.471. The van der Waals surface area contributed by atoms with Crippen molar-refractivity contribution in [2.45, 2.75) is 45.6 Å². The van der Waals surface area contributed by atoms with Crippen LogP contribution in [-0.4, -0.2) is 11.7 Å². The third-order valence-electron chi connectivity index (χ3n) is 3.57. The molecule has 0 unspecified atom stereocenters. The van der Waals surface area contributed by atoms with Crippen molar-refractivity contribution in [3.63, 3.8) is 0 Å². The average Bonchev–Trinajstić information content (AvgIpc) is 2.95. The Kier molecular flexibility index (Phi) is 8.13. The highest BCUT2D eigenvalue weighted by molar-refractivity contribution is 5.39. The summed E-state index contributed by atoms with van der Waals surface area (Å²) < 4.78 is 9.77. The van der Waals surface area contributed by atoms with E-state index in [1.165, 1.54) is 32.1 Å². The number of hydrogen-bond donors (Lipinski definition) is 0. The van der Waals surface area contributed by atoms with Crippen molar-refractivity contribution in [2.24, 2.45) is 0 Å². The molecule has 1 heterocycles. The van der Waals surface area contributed by atoms with Crippen LogP contribution in [0.1, 0.15) is 39.0 Å². The zero-order valence-corrected chi connectivity index (χ0v) is 14.6. The van der Waals surface area contributed by atoms with E-state index in [1.807, 2.05) is 18.2 Å². The van der Waals surface area contributed by atoms with Gasteiger partial charge in [0, 0.05) is 0 Å². The molecule has 4 heteroatoms. The fourth-order valence-corrected chi connectivity index (χ4v) is 2.41. The van der Waals surface area contributed by atoms with E-state index in [0.29, 0.717) is 0 Å². The monoisotopic (exact) mass is 352 g/mol. The number of benzene rings is 1. The van der Waals surface area contributed by atoms with E-state index in [1.54, 1.807) is 7.11 Å². The fourth-order valence-electron chi connectivity index (χ4n) is 2.41. The lowest BCUT2D eigenvalue weighted by Gasteiger charge is -2.03. The second kappa shape index (κ2) is 9.61. The van der Waals surface area contributed by atoms with Crippen molar-refractivity contribution in [2.75, 3.05) is 7.11 Å². The third kappa shape index (κ3) is 5.20. The number of rotatable bonds is 8. The van der Waals surface area contributed by atoms with E-state index in [2.05, 4.69) is 40.8 Å². The van der Waals surface area contributed by atoms with E-state index in [-0.39, 0.29) is 17.0 Å². The number of methoxy groups -OCH3 is 1. The minimum absolute atomic E-state index is 0. The van der Waals surface area contributed by atoms with Crippen LogP contribution in [-0.2, 0) is 6.54 Å². The highest BCUT2D eigenvalue weighted by Crippen LogP contribution is 2.16. The Labute approximate surface area is 138 Å². The molecule has 0 aliphatic rings. The molecule has 0 aliphatic carbocycles. The topological polar surface area (TPSA) is 18.0 Å². The summed E-state index contributed by atoms with van der Waals surface area (Å²) in [6, 6.07) is 8.09. The second-order valence-electron chi connectivity index (χ2n) is 5.14. The maximum atomic E-state index is 5.40. The first kappa shape index (κ1) is 17.8. The molecule has 0 spiro atoms. The smallest absolute Gasteiger partial charge is 0.249 e. The molecule has 0 saturated heterocycles. The molecular weight excluding hydrogens is 328 g/mol.